The monoisotopic (exact) mass is 597 g/mol. The molecule has 0 radical (unpaired) electrons. The molecule has 0 bridgehead atoms. The van der Waals surface area contributed by atoms with Crippen molar-refractivity contribution in [2.24, 2.45) is 0 Å². The third-order valence-corrected chi connectivity index (χ3v) is 7.65. The number of halogens is 2. The lowest BCUT2D eigenvalue weighted by Gasteiger charge is -2.53. The van der Waals surface area contributed by atoms with Crippen molar-refractivity contribution in [1.82, 2.24) is 25.1 Å². The Labute approximate surface area is 249 Å². The Kier molecular flexibility index (Phi) is 10.2. The molecule has 2 aliphatic heterocycles. The Morgan fingerprint density at radius 1 is 1.00 bits per heavy atom. The van der Waals surface area contributed by atoms with E-state index >= 15 is 0 Å². The molecule has 5 rings (SSSR count). The lowest BCUT2D eigenvalue weighted by atomic mass is 9.98. The van der Waals surface area contributed by atoms with E-state index in [-0.39, 0.29) is 43.6 Å². The number of benzene rings is 3. The van der Waals surface area contributed by atoms with Crippen molar-refractivity contribution in [3.63, 3.8) is 0 Å². The predicted molar refractivity (Wildman–Crippen MR) is 158 cm³/mol. The molecule has 3 amide bonds. The molecule has 1 unspecified atom stereocenters. The van der Waals surface area contributed by atoms with Gasteiger partial charge in [0.1, 0.15) is 18.0 Å². The summed E-state index contributed by atoms with van der Waals surface area (Å²) in [4.78, 5) is 41.5. The maximum absolute atomic E-state index is 13.5. The van der Waals surface area contributed by atoms with Crippen LogP contribution in [0.4, 0.5) is 0 Å². The largest absolute Gasteiger partial charge is 0.508 e. The van der Waals surface area contributed by atoms with Gasteiger partial charge in [-0.3, -0.25) is 19.4 Å². The molecule has 2 atom stereocenters. The van der Waals surface area contributed by atoms with E-state index in [1.54, 1.807) is 47.3 Å². The van der Waals surface area contributed by atoms with E-state index in [0.29, 0.717) is 16.5 Å². The molecule has 0 aromatic heterocycles. The Morgan fingerprint density at radius 2 is 1.71 bits per heavy atom. The molecule has 2 saturated heterocycles. The number of hydrogen-bond acceptors (Lipinski definition) is 6. The average Bonchev–Trinajstić information content (AvgIpc) is 2.95. The van der Waals surface area contributed by atoms with Crippen LogP contribution >= 0.6 is 23.2 Å². The van der Waals surface area contributed by atoms with Gasteiger partial charge in [-0.1, -0.05) is 71.7 Å². The van der Waals surface area contributed by atoms with Gasteiger partial charge in [0.25, 0.3) is 0 Å². The van der Waals surface area contributed by atoms with Gasteiger partial charge in [-0.2, -0.15) is 0 Å². The van der Waals surface area contributed by atoms with E-state index < -0.39 is 12.2 Å². The Bertz CT molecular complexity index is 1360. The minimum absolute atomic E-state index is 0.00237. The summed E-state index contributed by atoms with van der Waals surface area (Å²) in [6, 6.07) is 21.1. The quantitative estimate of drug-likeness (QED) is 0.404. The van der Waals surface area contributed by atoms with Crippen molar-refractivity contribution in [3.8, 4) is 5.75 Å². The number of rotatable bonds is 7. The van der Waals surface area contributed by atoms with Crippen LogP contribution in [0.5, 0.6) is 5.75 Å². The number of carbonyl (C=O) groups excluding carboxylic acids is 3. The van der Waals surface area contributed by atoms with E-state index in [1.165, 1.54) is 27.6 Å². The number of aromatic hydroxyl groups is 1. The van der Waals surface area contributed by atoms with Gasteiger partial charge >= 0.3 is 0 Å². The van der Waals surface area contributed by atoms with Gasteiger partial charge in [0, 0.05) is 36.6 Å². The van der Waals surface area contributed by atoms with Crippen LogP contribution in [-0.4, -0.2) is 82.5 Å². The summed E-state index contributed by atoms with van der Waals surface area (Å²) >= 11 is 12.3. The molecule has 41 heavy (non-hydrogen) atoms. The molecule has 2 N–H and O–H groups in total. The minimum atomic E-state index is -0.798. The van der Waals surface area contributed by atoms with E-state index in [9.17, 15) is 19.5 Å². The normalized spacial score (nSPS) is 19.0. The first-order valence-electron chi connectivity index (χ1n) is 13.2. The number of likely N-dealkylation sites (N-methyl/N-ethyl adjacent to an activating group) is 1. The summed E-state index contributed by atoms with van der Waals surface area (Å²) in [7, 11) is 3.61. The van der Waals surface area contributed by atoms with Crippen LogP contribution < -0.4 is 5.32 Å². The number of carbonyl (C=O) groups is 3. The van der Waals surface area contributed by atoms with E-state index in [2.05, 4.69) is 17.4 Å². The van der Waals surface area contributed by atoms with Gasteiger partial charge in [-0.15, -0.1) is 0 Å². The molecular weight excluding hydrogens is 565 g/mol. The van der Waals surface area contributed by atoms with E-state index in [0.717, 1.165) is 17.7 Å². The maximum atomic E-state index is 13.5. The maximum Gasteiger partial charge on any atom is 0.246 e. The smallest absolute Gasteiger partial charge is 0.246 e. The van der Waals surface area contributed by atoms with Gasteiger partial charge < -0.3 is 20.2 Å². The van der Waals surface area contributed by atoms with E-state index in [4.69, 9.17) is 23.2 Å². The number of nitrogens with one attached hydrogen (secondary N) is 1. The second-order valence-corrected chi connectivity index (χ2v) is 10.8. The van der Waals surface area contributed by atoms with Crippen molar-refractivity contribution in [2.45, 2.75) is 31.7 Å². The number of phenolic OH excluding ortho intramolecular Hbond substituents is 1. The van der Waals surface area contributed by atoms with Crippen molar-refractivity contribution in [1.29, 1.82) is 0 Å². The number of fused-ring (bicyclic) bond motifs is 1. The molecule has 2 aliphatic rings. The van der Waals surface area contributed by atoms with Crippen LogP contribution in [0.1, 0.15) is 16.7 Å². The topological polar surface area (TPSA) is 96.4 Å². The molecule has 3 aromatic carbocycles. The highest BCUT2D eigenvalue weighted by Gasteiger charge is 2.49. The Hall–Kier alpha value is -3.63. The number of amides is 3. The number of hydrazine groups is 1. The van der Waals surface area contributed by atoms with Crippen LogP contribution in [0.3, 0.4) is 0 Å². The number of hydrogen-bond donors (Lipinski definition) is 2. The standard InChI is InChI=1S/C22H22Cl2N4O4.C8H11N/c1-25-12-21(31)28-19(8-14-2-6-17(30)7-3-14)22(32)26(11-20(28)27(25)13-29)10-15-4-5-16(23)9-18(15)24;1-9-7-8-5-3-2-4-6-8/h2-7,9,13,19-20,30H,8,10-12H2,1H3;2-6,9H,7H2,1H3/t19-,20?;/m0./s1. The average molecular weight is 599 g/mol. The minimum Gasteiger partial charge on any atom is -0.508 e. The summed E-state index contributed by atoms with van der Waals surface area (Å²) in [5, 5.41) is 16.6. The van der Waals surface area contributed by atoms with Crippen LogP contribution in [0.2, 0.25) is 10.0 Å². The fourth-order valence-corrected chi connectivity index (χ4v) is 5.51. The molecule has 2 heterocycles. The fraction of sp³-hybridized carbons (Fsp3) is 0.300. The molecule has 0 aliphatic carbocycles. The molecule has 3 aromatic rings. The number of nitrogens with zero attached hydrogens (tertiary/aromatic N) is 4. The molecular formula is C30H33Cl2N5O4. The molecule has 216 valence electrons. The first kappa shape index (κ1) is 30.3. The van der Waals surface area contributed by atoms with Crippen molar-refractivity contribution >= 4 is 41.4 Å². The van der Waals surface area contributed by atoms with Gasteiger partial charge in [-0.25, -0.2) is 5.01 Å². The third kappa shape index (κ3) is 7.37. The zero-order chi connectivity index (χ0) is 29.5. The first-order valence-corrected chi connectivity index (χ1v) is 13.9. The highest BCUT2D eigenvalue weighted by atomic mass is 35.5. The van der Waals surface area contributed by atoms with Crippen LogP contribution in [0, 0.1) is 0 Å². The summed E-state index contributed by atoms with van der Waals surface area (Å²) in [6.07, 6.45) is 0.290. The van der Waals surface area contributed by atoms with Crippen molar-refractivity contribution < 1.29 is 19.5 Å². The van der Waals surface area contributed by atoms with Crippen LogP contribution in [-0.2, 0) is 33.9 Å². The summed E-state index contributed by atoms with van der Waals surface area (Å²) < 4.78 is 0. The summed E-state index contributed by atoms with van der Waals surface area (Å²) in [5.41, 5.74) is 2.84. The predicted octanol–water partition coefficient (Wildman–Crippen LogP) is 3.53. The molecule has 0 spiro atoms. The van der Waals surface area contributed by atoms with Gasteiger partial charge in [0.2, 0.25) is 18.2 Å². The lowest BCUT2D eigenvalue weighted by molar-refractivity contribution is -0.196. The van der Waals surface area contributed by atoms with Gasteiger partial charge in [0.05, 0.1) is 13.1 Å². The zero-order valence-corrected chi connectivity index (χ0v) is 24.4. The fourth-order valence-electron chi connectivity index (χ4n) is 5.04. The van der Waals surface area contributed by atoms with Gasteiger partial charge in [-0.05, 0) is 48.0 Å². The second-order valence-electron chi connectivity index (χ2n) is 9.94. The number of piperazine rings is 1. The molecule has 11 heteroatoms. The molecule has 9 nitrogen and oxygen atoms in total. The van der Waals surface area contributed by atoms with Crippen LogP contribution in [0.15, 0.2) is 72.8 Å². The van der Waals surface area contributed by atoms with E-state index in [1.807, 2.05) is 25.2 Å². The lowest BCUT2D eigenvalue weighted by Crippen LogP contribution is -2.74. The van der Waals surface area contributed by atoms with Crippen molar-refractivity contribution in [2.75, 3.05) is 27.2 Å². The summed E-state index contributed by atoms with van der Waals surface area (Å²) in [5.74, 6) is -0.343. The molecule has 2 fully saturated rings. The van der Waals surface area contributed by atoms with Crippen molar-refractivity contribution in [3.05, 3.63) is 99.5 Å². The van der Waals surface area contributed by atoms with Gasteiger partial charge in [0.15, 0.2) is 0 Å². The molecule has 0 saturated carbocycles. The number of phenols is 1. The van der Waals surface area contributed by atoms with Crippen LogP contribution in [0.25, 0.3) is 0 Å². The first-order chi connectivity index (χ1) is 19.7. The zero-order valence-electron chi connectivity index (χ0n) is 22.9. The highest BCUT2D eigenvalue weighted by molar-refractivity contribution is 6.35. The summed E-state index contributed by atoms with van der Waals surface area (Å²) in [6.45, 7) is 1.33. The Morgan fingerprint density at radius 3 is 2.34 bits per heavy atom. The third-order valence-electron chi connectivity index (χ3n) is 7.06. The second kappa shape index (κ2) is 13.8. The Balaban J connectivity index is 0.000000367. The highest BCUT2D eigenvalue weighted by Crippen LogP contribution is 2.30. The SMILES string of the molecule is CN1CC(=O)N2C(CN(Cc3ccc(Cl)cc3Cl)C(=O)[C@@H]2Cc2ccc(O)cc2)N1C=O.CNCc1ccccc1.